The third-order valence-corrected chi connectivity index (χ3v) is 1.73. The van der Waals surface area contributed by atoms with Gasteiger partial charge in [-0.2, -0.15) is 0 Å². The van der Waals surface area contributed by atoms with E-state index < -0.39 is 22.9 Å². The van der Waals surface area contributed by atoms with Gasteiger partial charge in [0.1, 0.15) is 6.42 Å². The molecule has 5 nitrogen and oxygen atoms in total. The molecule has 0 bridgehead atoms. The molecule has 0 amide bonds. The summed E-state index contributed by atoms with van der Waals surface area (Å²) in [5.41, 5.74) is -1.31. The fourth-order valence-corrected chi connectivity index (χ4v) is 0.644. The van der Waals surface area contributed by atoms with Crippen LogP contribution in [0.5, 0.6) is 0 Å². The van der Waals surface area contributed by atoms with Crippen molar-refractivity contribution in [1.82, 2.24) is 0 Å². The van der Waals surface area contributed by atoms with Crippen molar-refractivity contribution in [2.75, 3.05) is 0 Å². The van der Waals surface area contributed by atoms with Gasteiger partial charge >= 0.3 is 5.97 Å². The second-order valence-corrected chi connectivity index (χ2v) is 2.68. The highest BCUT2D eigenvalue weighted by atomic mass is 16.6. The van der Waals surface area contributed by atoms with Crippen LogP contribution in [0, 0.1) is 10.1 Å². The summed E-state index contributed by atoms with van der Waals surface area (Å²) in [5.74, 6) is -1.13. The summed E-state index contributed by atoms with van der Waals surface area (Å²) in [6.45, 7) is 2.94. The third kappa shape index (κ3) is 2.53. The highest BCUT2D eigenvalue weighted by Gasteiger charge is 2.37. The Morgan fingerprint density at radius 2 is 2.18 bits per heavy atom. The minimum absolute atomic E-state index is 0.228. The van der Waals surface area contributed by atoms with Gasteiger partial charge in [-0.3, -0.25) is 14.9 Å². The van der Waals surface area contributed by atoms with Crippen molar-refractivity contribution in [3.63, 3.8) is 0 Å². The molecule has 0 saturated heterocycles. The van der Waals surface area contributed by atoms with E-state index in [9.17, 15) is 14.9 Å². The molecule has 0 rings (SSSR count). The summed E-state index contributed by atoms with van der Waals surface area (Å²) in [4.78, 5) is 20.0. The third-order valence-electron chi connectivity index (χ3n) is 1.73. The molecule has 0 radical (unpaired) electrons. The largest absolute Gasteiger partial charge is 0.481 e. The smallest absolute Gasteiger partial charge is 0.310 e. The molecule has 5 heteroatoms. The van der Waals surface area contributed by atoms with Crippen molar-refractivity contribution in [3.05, 3.63) is 10.1 Å². The van der Waals surface area contributed by atoms with E-state index >= 15 is 0 Å². The number of aliphatic carboxylic acids is 1. The minimum atomic E-state index is -1.31. The first-order valence-corrected chi connectivity index (χ1v) is 3.28. The van der Waals surface area contributed by atoms with Gasteiger partial charge in [0.25, 0.3) is 0 Å². The zero-order valence-corrected chi connectivity index (χ0v) is 6.53. The van der Waals surface area contributed by atoms with E-state index in [4.69, 9.17) is 5.11 Å². The van der Waals surface area contributed by atoms with E-state index in [-0.39, 0.29) is 6.42 Å². The van der Waals surface area contributed by atoms with E-state index in [2.05, 4.69) is 0 Å². The van der Waals surface area contributed by atoms with Gasteiger partial charge in [0.15, 0.2) is 0 Å². The molecule has 11 heavy (non-hydrogen) atoms. The van der Waals surface area contributed by atoms with E-state index in [0.29, 0.717) is 0 Å². The van der Waals surface area contributed by atoms with Gasteiger partial charge in [-0.15, -0.1) is 0 Å². The summed E-state index contributed by atoms with van der Waals surface area (Å²) >= 11 is 0. The fourth-order valence-electron chi connectivity index (χ4n) is 0.644. The number of carboxylic acid groups (broad SMARTS) is 1. The molecule has 64 valence electrons. The Morgan fingerprint density at radius 1 is 1.73 bits per heavy atom. The number of carboxylic acids is 1. The van der Waals surface area contributed by atoms with Crippen LogP contribution < -0.4 is 0 Å². The first kappa shape index (κ1) is 9.87. The van der Waals surface area contributed by atoms with Gasteiger partial charge in [0.05, 0.1) is 0 Å². The zero-order chi connectivity index (χ0) is 9.07. The molecule has 0 aromatic carbocycles. The summed E-state index contributed by atoms with van der Waals surface area (Å²) in [7, 11) is 0. The Morgan fingerprint density at radius 3 is 2.27 bits per heavy atom. The summed E-state index contributed by atoms with van der Waals surface area (Å²) in [6, 6.07) is 0. The Hall–Kier alpha value is -1.13. The Bertz CT molecular complexity index is 179. The van der Waals surface area contributed by atoms with Crippen LogP contribution in [-0.2, 0) is 4.79 Å². The Kier molecular flexibility index (Phi) is 2.98. The SMILES string of the molecule is CCC(C)(CC(=O)O)[N+](=O)[O-]. The maximum absolute atomic E-state index is 10.3. The molecular weight excluding hydrogens is 150 g/mol. The number of hydrogen-bond donors (Lipinski definition) is 1. The molecule has 1 unspecified atom stereocenters. The number of nitrogens with zero attached hydrogens (tertiary/aromatic N) is 1. The molecule has 1 N–H and O–H groups in total. The highest BCUT2D eigenvalue weighted by molar-refractivity contribution is 5.67. The maximum Gasteiger partial charge on any atom is 0.310 e. The number of rotatable bonds is 4. The molecule has 0 saturated carbocycles. The van der Waals surface area contributed by atoms with Gasteiger partial charge in [-0.1, -0.05) is 6.92 Å². The molecule has 0 aliphatic rings. The van der Waals surface area contributed by atoms with Crippen LogP contribution in [0.4, 0.5) is 0 Å². The Labute approximate surface area is 64.2 Å². The van der Waals surface area contributed by atoms with E-state index in [1.807, 2.05) is 0 Å². The van der Waals surface area contributed by atoms with Crippen molar-refractivity contribution in [3.8, 4) is 0 Å². The zero-order valence-electron chi connectivity index (χ0n) is 6.53. The van der Waals surface area contributed by atoms with Crippen LogP contribution in [0.15, 0.2) is 0 Å². The lowest BCUT2D eigenvalue weighted by atomic mass is 9.96. The van der Waals surface area contributed by atoms with Crippen LogP contribution in [0.2, 0.25) is 0 Å². The molecule has 0 aromatic heterocycles. The predicted molar refractivity (Wildman–Crippen MR) is 37.9 cm³/mol. The van der Waals surface area contributed by atoms with Crippen molar-refractivity contribution >= 4 is 5.97 Å². The van der Waals surface area contributed by atoms with Gasteiger partial charge in [-0.05, 0) is 0 Å². The number of carbonyl (C=O) groups is 1. The lowest BCUT2D eigenvalue weighted by molar-refractivity contribution is -0.565. The fraction of sp³-hybridized carbons (Fsp3) is 0.833. The molecule has 0 heterocycles. The van der Waals surface area contributed by atoms with Crippen molar-refractivity contribution in [2.45, 2.75) is 32.2 Å². The van der Waals surface area contributed by atoms with Gasteiger partial charge in [0, 0.05) is 18.3 Å². The average molecular weight is 161 g/mol. The summed E-state index contributed by atoms with van der Waals surface area (Å²) in [5, 5.41) is 18.7. The first-order valence-electron chi connectivity index (χ1n) is 3.28. The normalized spacial score (nSPS) is 15.5. The van der Waals surface area contributed by atoms with Crippen LogP contribution in [-0.4, -0.2) is 21.5 Å². The van der Waals surface area contributed by atoms with Crippen LogP contribution >= 0.6 is 0 Å². The second-order valence-electron chi connectivity index (χ2n) is 2.68. The molecular formula is C6H11NO4. The van der Waals surface area contributed by atoms with Crippen molar-refractivity contribution in [2.24, 2.45) is 0 Å². The molecule has 0 spiro atoms. The van der Waals surface area contributed by atoms with Gasteiger partial charge in [-0.25, -0.2) is 0 Å². The van der Waals surface area contributed by atoms with Gasteiger partial charge < -0.3 is 5.11 Å². The molecule has 0 fully saturated rings. The quantitative estimate of drug-likeness (QED) is 0.490. The number of hydrogen-bond acceptors (Lipinski definition) is 3. The molecule has 0 aliphatic heterocycles. The molecule has 0 aromatic rings. The summed E-state index contributed by atoms with van der Waals surface area (Å²) < 4.78 is 0. The average Bonchev–Trinajstić information content (AvgIpc) is 1.86. The highest BCUT2D eigenvalue weighted by Crippen LogP contribution is 2.18. The van der Waals surface area contributed by atoms with Crippen molar-refractivity contribution in [1.29, 1.82) is 0 Å². The monoisotopic (exact) mass is 161 g/mol. The molecule has 0 aliphatic carbocycles. The van der Waals surface area contributed by atoms with Gasteiger partial charge in [0.2, 0.25) is 5.54 Å². The predicted octanol–water partition coefficient (Wildman–Crippen LogP) is 0.906. The number of nitro groups is 1. The van der Waals surface area contributed by atoms with Crippen molar-refractivity contribution < 1.29 is 14.8 Å². The summed E-state index contributed by atoms with van der Waals surface area (Å²) in [6.07, 6.45) is -0.192. The van der Waals surface area contributed by atoms with Crippen LogP contribution in [0.25, 0.3) is 0 Å². The van der Waals surface area contributed by atoms with E-state index in [1.165, 1.54) is 6.92 Å². The molecule has 1 atom stereocenters. The Balaban J connectivity index is 4.34. The topological polar surface area (TPSA) is 80.4 Å². The van der Waals surface area contributed by atoms with E-state index in [0.717, 1.165) is 0 Å². The lowest BCUT2D eigenvalue weighted by Crippen LogP contribution is -2.36. The minimum Gasteiger partial charge on any atom is -0.481 e. The van der Waals surface area contributed by atoms with Crippen LogP contribution in [0.1, 0.15) is 26.7 Å². The lowest BCUT2D eigenvalue weighted by Gasteiger charge is -2.15. The second kappa shape index (κ2) is 3.32. The van der Waals surface area contributed by atoms with E-state index in [1.54, 1.807) is 6.92 Å². The maximum atomic E-state index is 10.3. The first-order chi connectivity index (χ1) is 4.92. The van der Waals surface area contributed by atoms with Crippen LogP contribution in [0.3, 0.4) is 0 Å². The standard InChI is InChI=1S/C6H11NO4/c1-3-6(2,7(10)11)4-5(8)9/h3-4H2,1-2H3,(H,8,9).